The molecule has 1 aliphatic heterocycles. The van der Waals surface area contributed by atoms with Crippen LogP contribution >= 0.6 is 0 Å². The highest BCUT2D eigenvalue weighted by molar-refractivity contribution is 5.12. The van der Waals surface area contributed by atoms with Gasteiger partial charge in [0.15, 0.2) is 0 Å². The van der Waals surface area contributed by atoms with Crippen LogP contribution in [0.4, 0.5) is 0 Å². The second-order valence-electron chi connectivity index (χ2n) is 6.79. The maximum absolute atomic E-state index is 5.66. The average molecular weight is 264 g/mol. The quantitative estimate of drug-likeness (QED) is 0.885. The van der Waals surface area contributed by atoms with E-state index in [1.54, 1.807) is 0 Å². The van der Waals surface area contributed by atoms with Gasteiger partial charge in [0.1, 0.15) is 5.76 Å². The third kappa shape index (κ3) is 4.08. The Labute approximate surface area is 117 Å². The molecule has 1 atom stereocenters. The fourth-order valence-corrected chi connectivity index (χ4v) is 2.77. The molecule has 1 unspecified atom stereocenters. The van der Waals surface area contributed by atoms with Crippen molar-refractivity contribution in [2.45, 2.75) is 47.2 Å². The van der Waals surface area contributed by atoms with Crippen LogP contribution in [0.1, 0.15) is 45.4 Å². The Hall–Kier alpha value is -0.800. The Bertz CT molecular complexity index is 392. The first-order chi connectivity index (χ1) is 8.99. The van der Waals surface area contributed by atoms with Crippen LogP contribution in [0.3, 0.4) is 0 Å². The average Bonchev–Trinajstić information content (AvgIpc) is 2.95. The van der Waals surface area contributed by atoms with Gasteiger partial charge < -0.3 is 9.73 Å². The van der Waals surface area contributed by atoms with Crippen LogP contribution < -0.4 is 5.32 Å². The van der Waals surface area contributed by atoms with Gasteiger partial charge in [-0.15, -0.1) is 0 Å². The van der Waals surface area contributed by atoms with Gasteiger partial charge in [-0.05, 0) is 36.9 Å². The fourth-order valence-electron chi connectivity index (χ4n) is 2.77. The minimum atomic E-state index is 0.425. The van der Waals surface area contributed by atoms with E-state index in [1.165, 1.54) is 25.1 Å². The summed E-state index contributed by atoms with van der Waals surface area (Å²) in [6, 6.07) is 2.19. The third-order valence-corrected chi connectivity index (χ3v) is 4.16. The van der Waals surface area contributed by atoms with Crippen LogP contribution in [-0.2, 0) is 13.1 Å². The van der Waals surface area contributed by atoms with Gasteiger partial charge in [0.25, 0.3) is 0 Å². The molecule has 1 fully saturated rings. The van der Waals surface area contributed by atoms with Crippen molar-refractivity contribution in [1.29, 1.82) is 0 Å². The number of likely N-dealkylation sites (tertiary alicyclic amines) is 1. The van der Waals surface area contributed by atoms with Gasteiger partial charge >= 0.3 is 0 Å². The van der Waals surface area contributed by atoms with Gasteiger partial charge in [-0.3, -0.25) is 4.90 Å². The summed E-state index contributed by atoms with van der Waals surface area (Å²) in [5.74, 6) is 1.91. The van der Waals surface area contributed by atoms with Gasteiger partial charge in [-0.1, -0.05) is 27.7 Å². The zero-order chi connectivity index (χ0) is 13.9. The molecule has 0 aliphatic carbocycles. The molecule has 3 nitrogen and oxygen atoms in total. The van der Waals surface area contributed by atoms with Crippen molar-refractivity contribution in [3.8, 4) is 0 Å². The van der Waals surface area contributed by atoms with Crippen molar-refractivity contribution in [3.63, 3.8) is 0 Å². The monoisotopic (exact) mass is 264 g/mol. The first-order valence-electron chi connectivity index (χ1n) is 7.48. The SMILES string of the molecule is CCNCc1coc(CN2CCC(C(C)(C)C)C2)c1. The van der Waals surface area contributed by atoms with Crippen molar-refractivity contribution in [3.05, 3.63) is 23.7 Å². The van der Waals surface area contributed by atoms with Crippen molar-refractivity contribution in [1.82, 2.24) is 10.2 Å². The lowest BCUT2D eigenvalue weighted by molar-refractivity contribution is 0.219. The summed E-state index contributed by atoms with van der Waals surface area (Å²) in [7, 11) is 0. The van der Waals surface area contributed by atoms with E-state index >= 15 is 0 Å². The summed E-state index contributed by atoms with van der Waals surface area (Å²) in [5, 5.41) is 3.32. The molecule has 1 aromatic heterocycles. The number of hydrogen-bond donors (Lipinski definition) is 1. The minimum Gasteiger partial charge on any atom is -0.468 e. The van der Waals surface area contributed by atoms with Gasteiger partial charge in [0, 0.05) is 18.7 Å². The third-order valence-electron chi connectivity index (χ3n) is 4.16. The molecule has 2 heterocycles. The van der Waals surface area contributed by atoms with E-state index in [9.17, 15) is 0 Å². The lowest BCUT2D eigenvalue weighted by atomic mass is 9.80. The molecule has 1 aliphatic rings. The number of hydrogen-bond acceptors (Lipinski definition) is 3. The maximum atomic E-state index is 5.66. The summed E-state index contributed by atoms with van der Waals surface area (Å²) >= 11 is 0. The molecule has 1 N–H and O–H groups in total. The van der Waals surface area contributed by atoms with E-state index in [-0.39, 0.29) is 0 Å². The van der Waals surface area contributed by atoms with Gasteiger partial charge in [-0.2, -0.15) is 0 Å². The topological polar surface area (TPSA) is 28.4 Å². The molecule has 3 heteroatoms. The first kappa shape index (κ1) is 14.6. The van der Waals surface area contributed by atoms with Crippen LogP contribution in [0.5, 0.6) is 0 Å². The van der Waals surface area contributed by atoms with Crippen LogP contribution in [0.15, 0.2) is 16.7 Å². The smallest absolute Gasteiger partial charge is 0.118 e. The van der Waals surface area contributed by atoms with E-state index in [0.717, 1.165) is 31.3 Å². The van der Waals surface area contributed by atoms with E-state index in [0.29, 0.717) is 5.41 Å². The van der Waals surface area contributed by atoms with Crippen LogP contribution in [0, 0.1) is 11.3 Å². The molecule has 2 rings (SSSR count). The molecule has 0 bridgehead atoms. The van der Waals surface area contributed by atoms with E-state index < -0.39 is 0 Å². The lowest BCUT2D eigenvalue weighted by Gasteiger charge is -2.26. The summed E-state index contributed by atoms with van der Waals surface area (Å²) in [6.07, 6.45) is 3.20. The fraction of sp³-hybridized carbons (Fsp3) is 0.750. The van der Waals surface area contributed by atoms with Crippen LogP contribution in [0.2, 0.25) is 0 Å². The van der Waals surface area contributed by atoms with Crippen LogP contribution in [-0.4, -0.2) is 24.5 Å². The van der Waals surface area contributed by atoms with Crippen LogP contribution in [0.25, 0.3) is 0 Å². The molecule has 0 saturated carbocycles. The zero-order valence-corrected chi connectivity index (χ0v) is 12.8. The van der Waals surface area contributed by atoms with Crippen molar-refractivity contribution >= 4 is 0 Å². The normalized spacial score (nSPS) is 21.2. The lowest BCUT2D eigenvalue weighted by Crippen LogP contribution is -2.25. The van der Waals surface area contributed by atoms with Gasteiger partial charge in [0.2, 0.25) is 0 Å². The summed E-state index contributed by atoms with van der Waals surface area (Å²) < 4.78 is 5.66. The van der Waals surface area contributed by atoms with E-state index in [1.807, 2.05) is 6.26 Å². The zero-order valence-electron chi connectivity index (χ0n) is 12.8. The highest BCUT2D eigenvalue weighted by Gasteiger charge is 2.31. The van der Waals surface area contributed by atoms with Crippen molar-refractivity contribution in [2.75, 3.05) is 19.6 Å². The second kappa shape index (κ2) is 6.10. The maximum Gasteiger partial charge on any atom is 0.118 e. The predicted molar refractivity (Wildman–Crippen MR) is 78.9 cm³/mol. The van der Waals surface area contributed by atoms with E-state index in [2.05, 4.69) is 44.0 Å². The molecule has 0 spiro atoms. The van der Waals surface area contributed by atoms with Crippen molar-refractivity contribution in [2.24, 2.45) is 11.3 Å². The number of nitrogens with zero attached hydrogens (tertiary/aromatic N) is 1. The number of rotatable bonds is 5. The van der Waals surface area contributed by atoms with E-state index in [4.69, 9.17) is 4.42 Å². The summed E-state index contributed by atoms with van der Waals surface area (Å²) in [5.41, 5.74) is 1.68. The highest BCUT2D eigenvalue weighted by atomic mass is 16.3. The minimum absolute atomic E-state index is 0.425. The molecule has 19 heavy (non-hydrogen) atoms. The Morgan fingerprint density at radius 3 is 2.84 bits per heavy atom. The van der Waals surface area contributed by atoms with Gasteiger partial charge in [0.05, 0.1) is 12.8 Å². The Kier molecular flexibility index (Phi) is 4.69. The Morgan fingerprint density at radius 2 is 2.21 bits per heavy atom. The molecule has 0 radical (unpaired) electrons. The predicted octanol–water partition coefficient (Wildman–Crippen LogP) is 3.26. The summed E-state index contributed by atoms with van der Waals surface area (Å²) in [6.45, 7) is 14.4. The molecular formula is C16H28N2O. The number of furan rings is 1. The largest absolute Gasteiger partial charge is 0.468 e. The molecular weight excluding hydrogens is 236 g/mol. The first-order valence-corrected chi connectivity index (χ1v) is 7.48. The second-order valence-corrected chi connectivity index (χ2v) is 6.79. The molecule has 0 aromatic carbocycles. The Morgan fingerprint density at radius 1 is 1.42 bits per heavy atom. The summed E-state index contributed by atoms with van der Waals surface area (Å²) in [4.78, 5) is 2.52. The Balaban J connectivity index is 1.84. The molecule has 1 saturated heterocycles. The molecule has 0 amide bonds. The standard InChI is InChI=1S/C16H28N2O/c1-5-17-9-13-8-15(19-12-13)11-18-7-6-14(10-18)16(2,3)4/h8,12,14,17H,5-7,9-11H2,1-4H3. The van der Waals surface area contributed by atoms with Crippen molar-refractivity contribution < 1.29 is 4.42 Å². The molecule has 108 valence electrons. The molecule has 1 aromatic rings. The van der Waals surface area contributed by atoms with Gasteiger partial charge in [-0.25, -0.2) is 0 Å². The highest BCUT2D eigenvalue weighted by Crippen LogP contribution is 2.34. The number of nitrogens with one attached hydrogen (secondary N) is 1.